The summed E-state index contributed by atoms with van der Waals surface area (Å²) in [6.45, 7) is 0.285. The van der Waals surface area contributed by atoms with E-state index >= 15 is 0 Å². The third kappa shape index (κ3) is 4.14. The van der Waals surface area contributed by atoms with Gasteiger partial charge in [-0.15, -0.1) is 10.2 Å². The van der Waals surface area contributed by atoms with E-state index in [0.29, 0.717) is 0 Å². The molecule has 0 atom stereocenters. The van der Waals surface area contributed by atoms with Gasteiger partial charge in [-0.3, -0.25) is 4.79 Å². The molecule has 1 aliphatic rings. The Balaban J connectivity index is 1.74. The van der Waals surface area contributed by atoms with Crippen LogP contribution in [0.3, 0.4) is 0 Å². The highest BCUT2D eigenvalue weighted by Crippen LogP contribution is 2.34. The Hall–Kier alpha value is -3.37. The summed E-state index contributed by atoms with van der Waals surface area (Å²) in [5.74, 6) is -2.24. The Kier molecular flexibility index (Phi) is 5.31. The van der Waals surface area contributed by atoms with E-state index in [2.05, 4.69) is 20.5 Å². The minimum Gasteiger partial charge on any atom is -0.360 e. The van der Waals surface area contributed by atoms with Gasteiger partial charge < -0.3 is 14.8 Å². The summed E-state index contributed by atoms with van der Waals surface area (Å²) in [6.07, 6.45) is -9.47. The molecule has 0 saturated carbocycles. The number of aryl methyl sites for hydroxylation is 1. The molecule has 3 heterocycles. The SMILES string of the molecule is Cc1cc(C(F)(F)F)c(C#N)c(NCC(=O)N2CCn3c(nnc3C(F)(F)F)C2)n1. The van der Waals surface area contributed by atoms with Crippen LogP contribution in [-0.4, -0.2) is 43.6 Å². The van der Waals surface area contributed by atoms with Crippen molar-refractivity contribution < 1.29 is 31.1 Å². The van der Waals surface area contributed by atoms with Crippen LogP contribution in [0.1, 0.15) is 28.5 Å². The zero-order valence-electron chi connectivity index (χ0n) is 15.3. The minimum atomic E-state index is -4.79. The van der Waals surface area contributed by atoms with Crippen LogP contribution in [0.2, 0.25) is 0 Å². The lowest BCUT2D eigenvalue weighted by molar-refractivity contribution is -0.148. The van der Waals surface area contributed by atoms with Gasteiger partial charge in [-0.05, 0) is 13.0 Å². The number of nitrogens with one attached hydrogen (secondary N) is 1. The molecule has 2 aromatic heterocycles. The van der Waals surface area contributed by atoms with Gasteiger partial charge in [0, 0.05) is 18.8 Å². The fraction of sp³-hybridized carbons (Fsp3) is 0.438. The smallest absolute Gasteiger partial charge is 0.360 e. The van der Waals surface area contributed by atoms with Gasteiger partial charge in [0.2, 0.25) is 11.7 Å². The van der Waals surface area contributed by atoms with E-state index in [0.717, 1.165) is 10.6 Å². The first-order valence-electron chi connectivity index (χ1n) is 8.41. The van der Waals surface area contributed by atoms with E-state index in [1.807, 2.05) is 0 Å². The lowest BCUT2D eigenvalue weighted by Gasteiger charge is -2.28. The van der Waals surface area contributed by atoms with E-state index in [1.54, 1.807) is 0 Å². The highest BCUT2D eigenvalue weighted by Gasteiger charge is 2.40. The summed E-state index contributed by atoms with van der Waals surface area (Å²) >= 11 is 0. The van der Waals surface area contributed by atoms with Crippen LogP contribution < -0.4 is 5.32 Å². The number of pyridine rings is 1. The standard InChI is InChI=1S/C16H13F6N7O/c1-8-4-10(15(17,18)19)9(5-23)13(25-8)24-6-12(30)28-2-3-29-11(7-28)26-27-14(29)16(20,21)22/h4H,2-3,6-7H2,1H3,(H,24,25). The zero-order valence-corrected chi connectivity index (χ0v) is 15.3. The van der Waals surface area contributed by atoms with Gasteiger partial charge in [-0.1, -0.05) is 0 Å². The van der Waals surface area contributed by atoms with Crippen molar-refractivity contribution in [3.05, 3.63) is 34.5 Å². The first-order valence-corrected chi connectivity index (χ1v) is 8.41. The Labute approximate surface area is 165 Å². The number of halogens is 6. The number of aromatic nitrogens is 4. The topological polar surface area (TPSA) is 99.7 Å². The number of carbonyl (C=O) groups excluding carboxylic acids is 1. The maximum atomic E-state index is 13.1. The van der Waals surface area contributed by atoms with Crippen LogP contribution in [0.15, 0.2) is 6.07 Å². The molecular weight excluding hydrogens is 420 g/mol. The molecule has 2 aromatic rings. The third-order valence-corrected chi connectivity index (χ3v) is 4.33. The fourth-order valence-corrected chi connectivity index (χ4v) is 2.99. The summed E-state index contributed by atoms with van der Waals surface area (Å²) in [7, 11) is 0. The maximum absolute atomic E-state index is 13.1. The first-order chi connectivity index (χ1) is 13.9. The molecular formula is C16H13F6N7O. The Morgan fingerprint density at radius 2 is 1.90 bits per heavy atom. The van der Waals surface area contributed by atoms with Gasteiger partial charge >= 0.3 is 12.4 Å². The first kappa shape index (κ1) is 21.3. The number of fused-ring (bicyclic) bond motifs is 1. The normalized spacial score (nSPS) is 14.3. The van der Waals surface area contributed by atoms with Crippen molar-refractivity contribution in [2.45, 2.75) is 32.4 Å². The lowest BCUT2D eigenvalue weighted by Crippen LogP contribution is -2.42. The van der Waals surface area contributed by atoms with Crippen LogP contribution in [0.5, 0.6) is 0 Å². The molecule has 30 heavy (non-hydrogen) atoms. The summed E-state index contributed by atoms with van der Waals surface area (Å²) in [4.78, 5) is 17.4. The molecule has 0 fully saturated rings. The second-order valence-electron chi connectivity index (χ2n) is 6.40. The molecule has 8 nitrogen and oxygen atoms in total. The molecule has 1 N–H and O–H groups in total. The predicted octanol–water partition coefficient (Wildman–Crippen LogP) is 2.35. The Morgan fingerprint density at radius 3 is 2.50 bits per heavy atom. The second-order valence-corrected chi connectivity index (χ2v) is 6.40. The molecule has 160 valence electrons. The van der Waals surface area contributed by atoms with Crippen molar-refractivity contribution in [3.63, 3.8) is 0 Å². The van der Waals surface area contributed by atoms with Crippen molar-refractivity contribution in [1.82, 2.24) is 24.6 Å². The number of alkyl halides is 6. The lowest BCUT2D eigenvalue weighted by atomic mass is 10.1. The average Bonchev–Trinajstić information content (AvgIpc) is 3.08. The highest BCUT2D eigenvalue weighted by molar-refractivity contribution is 5.81. The number of hydrogen-bond donors (Lipinski definition) is 1. The van der Waals surface area contributed by atoms with Crippen LogP contribution in [0.4, 0.5) is 32.2 Å². The molecule has 0 aliphatic carbocycles. The number of rotatable bonds is 3. The van der Waals surface area contributed by atoms with E-state index < -0.39 is 47.6 Å². The van der Waals surface area contributed by atoms with Crippen molar-refractivity contribution in [3.8, 4) is 6.07 Å². The molecule has 0 saturated heterocycles. The Morgan fingerprint density at radius 1 is 1.20 bits per heavy atom. The van der Waals surface area contributed by atoms with Crippen molar-refractivity contribution in [2.24, 2.45) is 0 Å². The van der Waals surface area contributed by atoms with E-state index in [-0.39, 0.29) is 31.2 Å². The van der Waals surface area contributed by atoms with Crippen LogP contribution in [-0.2, 0) is 30.2 Å². The highest BCUT2D eigenvalue weighted by atomic mass is 19.4. The average molecular weight is 433 g/mol. The number of carbonyl (C=O) groups is 1. The van der Waals surface area contributed by atoms with Crippen LogP contribution in [0.25, 0.3) is 0 Å². The summed E-state index contributed by atoms with van der Waals surface area (Å²) in [6, 6.07) is 2.16. The molecule has 0 spiro atoms. The van der Waals surface area contributed by atoms with Gasteiger partial charge in [0.05, 0.1) is 18.7 Å². The van der Waals surface area contributed by atoms with Crippen LogP contribution in [0, 0.1) is 18.3 Å². The zero-order chi connectivity index (χ0) is 22.3. The molecule has 0 radical (unpaired) electrons. The van der Waals surface area contributed by atoms with E-state index in [1.165, 1.54) is 17.9 Å². The Bertz CT molecular complexity index is 1020. The maximum Gasteiger partial charge on any atom is 0.451 e. The number of amides is 1. The molecule has 1 amide bonds. The van der Waals surface area contributed by atoms with Gasteiger partial charge in [-0.25, -0.2) is 4.98 Å². The molecule has 1 aliphatic heterocycles. The van der Waals surface area contributed by atoms with E-state index in [4.69, 9.17) is 5.26 Å². The second kappa shape index (κ2) is 7.47. The molecule has 0 unspecified atom stereocenters. The molecule has 3 rings (SSSR count). The largest absolute Gasteiger partial charge is 0.451 e. The number of anilines is 1. The van der Waals surface area contributed by atoms with Gasteiger partial charge in [0.15, 0.2) is 5.82 Å². The molecule has 0 bridgehead atoms. The number of hydrogen-bond acceptors (Lipinski definition) is 6. The van der Waals surface area contributed by atoms with Crippen molar-refractivity contribution >= 4 is 11.7 Å². The van der Waals surface area contributed by atoms with Crippen molar-refractivity contribution in [2.75, 3.05) is 18.4 Å². The summed E-state index contributed by atoms with van der Waals surface area (Å²) < 4.78 is 78.9. The number of nitrogens with zero attached hydrogens (tertiary/aromatic N) is 6. The summed E-state index contributed by atoms with van der Waals surface area (Å²) in [5.41, 5.74) is -1.95. The fourth-order valence-electron chi connectivity index (χ4n) is 2.99. The van der Waals surface area contributed by atoms with Gasteiger partial charge in [-0.2, -0.15) is 31.6 Å². The van der Waals surface area contributed by atoms with E-state index in [9.17, 15) is 31.1 Å². The third-order valence-electron chi connectivity index (χ3n) is 4.33. The molecule has 0 aromatic carbocycles. The van der Waals surface area contributed by atoms with Gasteiger partial charge in [0.1, 0.15) is 17.5 Å². The van der Waals surface area contributed by atoms with Crippen LogP contribution >= 0.6 is 0 Å². The monoisotopic (exact) mass is 433 g/mol. The molecule has 14 heteroatoms. The predicted molar refractivity (Wildman–Crippen MR) is 87.6 cm³/mol. The quantitative estimate of drug-likeness (QED) is 0.746. The minimum absolute atomic E-state index is 0.0120. The van der Waals surface area contributed by atoms with Crippen molar-refractivity contribution in [1.29, 1.82) is 5.26 Å². The number of nitriles is 1. The van der Waals surface area contributed by atoms with Gasteiger partial charge in [0.25, 0.3) is 0 Å². The summed E-state index contributed by atoms with van der Waals surface area (Å²) in [5, 5.41) is 18.1.